The van der Waals surface area contributed by atoms with Crippen LogP contribution in [0.3, 0.4) is 0 Å². The first-order valence-electron chi connectivity index (χ1n) is 9.89. The molecular formula is C23H24FN3O3. The van der Waals surface area contributed by atoms with Gasteiger partial charge in [-0.25, -0.2) is 4.39 Å². The van der Waals surface area contributed by atoms with Gasteiger partial charge in [0.05, 0.1) is 6.54 Å². The number of anilines is 1. The number of hydrogen-bond donors (Lipinski definition) is 1. The summed E-state index contributed by atoms with van der Waals surface area (Å²) in [6, 6.07) is 11.8. The molecule has 2 aliphatic rings. The van der Waals surface area contributed by atoms with Gasteiger partial charge in [-0.2, -0.15) is 0 Å². The molecule has 2 unspecified atom stereocenters. The van der Waals surface area contributed by atoms with E-state index in [1.165, 1.54) is 21.9 Å². The van der Waals surface area contributed by atoms with Gasteiger partial charge in [-0.3, -0.25) is 14.4 Å². The molecule has 2 aromatic carbocycles. The van der Waals surface area contributed by atoms with Crippen molar-refractivity contribution in [1.82, 2.24) is 9.80 Å². The summed E-state index contributed by atoms with van der Waals surface area (Å²) in [5, 5.41) is 2.94. The lowest BCUT2D eigenvalue weighted by atomic mass is 9.63. The number of nitrogens with one attached hydrogen (secondary N) is 1. The Bertz CT molecular complexity index is 1050. The summed E-state index contributed by atoms with van der Waals surface area (Å²) in [5.74, 6) is -1.61. The van der Waals surface area contributed by atoms with Crippen LogP contribution in [-0.2, 0) is 19.8 Å². The molecule has 4 rings (SSSR count). The van der Waals surface area contributed by atoms with Gasteiger partial charge >= 0.3 is 0 Å². The second-order valence-electron chi connectivity index (χ2n) is 8.27. The van der Waals surface area contributed by atoms with E-state index in [0.29, 0.717) is 11.3 Å². The molecule has 0 bridgehead atoms. The average molecular weight is 409 g/mol. The molecule has 2 aromatic rings. The van der Waals surface area contributed by atoms with Crippen LogP contribution in [0.2, 0.25) is 0 Å². The fraction of sp³-hybridized carbons (Fsp3) is 0.348. The first kappa shape index (κ1) is 20.1. The van der Waals surface area contributed by atoms with Gasteiger partial charge in [-0.05, 0) is 41.8 Å². The zero-order valence-electron chi connectivity index (χ0n) is 17.2. The maximum Gasteiger partial charge on any atom is 0.241 e. The molecule has 0 aromatic heterocycles. The van der Waals surface area contributed by atoms with Crippen LogP contribution in [0.5, 0.6) is 0 Å². The number of halogens is 1. The number of carbonyl (C=O) groups excluding carboxylic acids is 3. The summed E-state index contributed by atoms with van der Waals surface area (Å²) in [7, 11) is 3.26. The number of rotatable bonds is 3. The van der Waals surface area contributed by atoms with Gasteiger partial charge in [-0.15, -0.1) is 0 Å². The second kappa shape index (κ2) is 7.23. The van der Waals surface area contributed by atoms with Crippen LogP contribution < -0.4 is 5.32 Å². The van der Waals surface area contributed by atoms with E-state index in [4.69, 9.17) is 0 Å². The van der Waals surface area contributed by atoms with Gasteiger partial charge in [0.1, 0.15) is 11.2 Å². The smallest absolute Gasteiger partial charge is 0.241 e. The lowest BCUT2D eigenvalue weighted by Crippen LogP contribution is -2.58. The summed E-state index contributed by atoms with van der Waals surface area (Å²) in [5.41, 5.74) is 1.85. The Balaban J connectivity index is 1.86. The number of nitrogens with zero attached hydrogens (tertiary/aromatic N) is 2. The molecule has 0 radical (unpaired) electrons. The predicted octanol–water partition coefficient (Wildman–Crippen LogP) is 2.43. The Morgan fingerprint density at radius 3 is 2.70 bits per heavy atom. The zero-order chi connectivity index (χ0) is 21.6. The fourth-order valence-corrected chi connectivity index (χ4v) is 4.63. The normalized spacial score (nSPS) is 22.8. The van der Waals surface area contributed by atoms with Crippen molar-refractivity contribution in [1.29, 1.82) is 0 Å². The summed E-state index contributed by atoms with van der Waals surface area (Å²) < 4.78 is 14.2. The number of amides is 3. The van der Waals surface area contributed by atoms with Crippen molar-refractivity contribution in [3.05, 3.63) is 65.0 Å². The summed E-state index contributed by atoms with van der Waals surface area (Å²) in [6.45, 7) is 1.82. The highest BCUT2D eigenvalue weighted by Crippen LogP contribution is 2.52. The molecule has 1 saturated heterocycles. The number of hydrogen-bond acceptors (Lipinski definition) is 3. The highest BCUT2D eigenvalue weighted by Gasteiger charge is 2.57. The molecule has 7 heteroatoms. The van der Waals surface area contributed by atoms with Gasteiger partial charge in [-0.1, -0.05) is 24.3 Å². The SMILES string of the molecule is Cc1ccc(F)cc1C1CC(=O)N(CC(=O)N(C)C)CC12C(=O)Nc1ccccc12. The van der Waals surface area contributed by atoms with E-state index in [1.807, 2.05) is 31.2 Å². The van der Waals surface area contributed by atoms with E-state index in [-0.39, 0.29) is 37.2 Å². The Kier molecular flexibility index (Phi) is 4.84. The van der Waals surface area contributed by atoms with Crippen LogP contribution in [0.1, 0.15) is 29.0 Å². The molecule has 0 saturated carbocycles. The van der Waals surface area contributed by atoms with Gasteiger partial charge in [0.25, 0.3) is 0 Å². The average Bonchev–Trinajstić information content (AvgIpc) is 2.98. The molecule has 1 spiro atoms. The zero-order valence-corrected chi connectivity index (χ0v) is 17.2. The maximum absolute atomic E-state index is 14.2. The molecule has 2 atom stereocenters. The number of likely N-dealkylation sites (tertiary alicyclic amines) is 1. The Morgan fingerprint density at radius 1 is 1.23 bits per heavy atom. The predicted molar refractivity (Wildman–Crippen MR) is 111 cm³/mol. The quantitative estimate of drug-likeness (QED) is 0.847. The van der Waals surface area contributed by atoms with E-state index >= 15 is 0 Å². The van der Waals surface area contributed by atoms with Crippen molar-refractivity contribution < 1.29 is 18.8 Å². The van der Waals surface area contributed by atoms with Crippen molar-refractivity contribution in [2.75, 3.05) is 32.5 Å². The van der Waals surface area contributed by atoms with Crippen molar-refractivity contribution in [3.63, 3.8) is 0 Å². The number of carbonyl (C=O) groups is 3. The molecule has 30 heavy (non-hydrogen) atoms. The van der Waals surface area contributed by atoms with Gasteiger partial charge in [0.15, 0.2) is 0 Å². The number of aryl methyl sites for hydroxylation is 1. The number of benzene rings is 2. The van der Waals surface area contributed by atoms with Crippen LogP contribution in [0.15, 0.2) is 42.5 Å². The fourth-order valence-electron chi connectivity index (χ4n) is 4.63. The number of piperidine rings is 1. The lowest BCUT2D eigenvalue weighted by Gasteiger charge is -2.45. The minimum atomic E-state index is -1.09. The topological polar surface area (TPSA) is 69.7 Å². The third kappa shape index (κ3) is 3.05. The Hall–Kier alpha value is -3.22. The monoisotopic (exact) mass is 409 g/mol. The summed E-state index contributed by atoms with van der Waals surface area (Å²) >= 11 is 0. The maximum atomic E-state index is 14.2. The molecule has 6 nitrogen and oxygen atoms in total. The standard InChI is InChI=1S/C23H24FN3O3/c1-14-8-9-15(24)10-16(14)18-11-20(28)27(12-21(29)26(2)3)13-23(18)17-6-4-5-7-19(17)25-22(23)30/h4-10,18H,11-13H2,1-3H3,(H,25,30). The van der Waals surface area contributed by atoms with Gasteiger partial charge in [0.2, 0.25) is 17.7 Å². The first-order valence-corrected chi connectivity index (χ1v) is 9.89. The second-order valence-corrected chi connectivity index (χ2v) is 8.27. The lowest BCUT2D eigenvalue weighted by molar-refractivity contribution is -0.145. The molecule has 156 valence electrons. The molecule has 3 amide bonds. The van der Waals surface area contributed by atoms with Gasteiger partial charge < -0.3 is 15.1 Å². The minimum Gasteiger partial charge on any atom is -0.347 e. The molecule has 1 fully saturated rings. The third-order valence-corrected chi connectivity index (χ3v) is 6.27. The third-order valence-electron chi connectivity index (χ3n) is 6.27. The molecule has 0 aliphatic carbocycles. The van der Waals surface area contributed by atoms with Crippen molar-refractivity contribution in [3.8, 4) is 0 Å². The van der Waals surface area contributed by atoms with E-state index < -0.39 is 17.2 Å². The summed E-state index contributed by atoms with van der Waals surface area (Å²) in [6.07, 6.45) is 0.0206. The molecule has 2 aliphatic heterocycles. The van der Waals surface area contributed by atoms with Gasteiger partial charge in [0, 0.05) is 38.7 Å². The van der Waals surface area contributed by atoms with Crippen LogP contribution in [0.25, 0.3) is 0 Å². The first-order chi connectivity index (χ1) is 14.2. The Labute approximate surface area is 174 Å². The number of likely N-dealkylation sites (N-methyl/N-ethyl adjacent to an activating group) is 1. The van der Waals surface area contributed by atoms with Crippen LogP contribution in [0.4, 0.5) is 10.1 Å². The highest BCUT2D eigenvalue weighted by atomic mass is 19.1. The Morgan fingerprint density at radius 2 is 1.97 bits per heavy atom. The van der Waals surface area contributed by atoms with Crippen LogP contribution in [-0.4, -0.2) is 54.7 Å². The number of fused-ring (bicyclic) bond motifs is 2. The largest absolute Gasteiger partial charge is 0.347 e. The summed E-state index contributed by atoms with van der Waals surface area (Å²) in [4.78, 5) is 41.6. The van der Waals surface area contributed by atoms with E-state index in [0.717, 1.165) is 11.1 Å². The van der Waals surface area contributed by atoms with Crippen molar-refractivity contribution >= 4 is 23.4 Å². The number of para-hydroxylation sites is 1. The molecular weight excluding hydrogens is 385 g/mol. The van der Waals surface area contributed by atoms with E-state index in [9.17, 15) is 18.8 Å². The van der Waals surface area contributed by atoms with Crippen LogP contribution >= 0.6 is 0 Å². The minimum absolute atomic E-state index is 0.0206. The van der Waals surface area contributed by atoms with E-state index in [2.05, 4.69) is 5.32 Å². The molecule has 1 N–H and O–H groups in total. The van der Waals surface area contributed by atoms with Crippen LogP contribution in [0, 0.1) is 12.7 Å². The van der Waals surface area contributed by atoms with E-state index in [1.54, 1.807) is 20.2 Å². The highest BCUT2D eigenvalue weighted by molar-refractivity contribution is 6.08. The molecule has 2 heterocycles. The van der Waals surface area contributed by atoms with Crippen molar-refractivity contribution in [2.24, 2.45) is 0 Å². The van der Waals surface area contributed by atoms with Crippen molar-refractivity contribution in [2.45, 2.75) is 24.7 Å².